The minimum absolute atomic E-state index is 1.00. The molecular formula is C24H20N+. The number of aryl methyl sites for hydroxylation is 1. The van der Waals surface area contributed by atoms with Crippen molar-refractivity contribution in [2.45, 2.75) is 32.2 Å². The highest BCUT2D eigenvalue weighted by molar-refractivity contribution is 5.97. The lowest BCUT2D eigenvalue weighted by atomic mass is 9.81. The molecule has 0 spiro atoms. The molecule has 1 aliphatic heterocycles. The molecule has 4 aromatic rings. The van der Waals surface area contributed by atoms with Gasteiger partial charge in [0, 0.05) is 17.0 Å². The molecule has 0 fully saturated rings. The molecule has 0 saturated heterocycles. The third-order valence-corrected chi connectivity index (χ3v) is 6.13. The van der Waals surface area contributed by atoms with Gasteiger partial charge in [-0.25, -0.2) is 0 Å². The summed E-state index contributed by atoms with van der Waals surface area (Å²) in [6.45, 7) is 1.00. The average molecular weight is 322 g/mol. The Hall–Kier alpha value is -2.67. The molecule has 0 saturated carbocycles. The SMILES string of the molecule is c1ccc2c[n+]3c(cc2c1)-c1c2c(c4ccccc4c1C3)CCCC2. The summed E-state index contributed by atoms with van der Waals surface area (Å²) in [6.07, 6.45) is 7.46. The Balaban J connectivity index is 1.76. The van der Waals surface area contributed by atoms with E-state index in [4.69, 9.17) is 0 Å². The molecule has 0 N–H and O–H groups in total. The molecular weight excluding hydrogens is 302 g/mol. The van der Waals surface area contributed by atoms with Gasteiger partial charge in [-0.2, -0.15) is 4.57 Å². The molecule has 1 heteroatoms. The van der Waals surface area contributed by atoms with Crippen molar-refractivity contribution in [2.24, 2.45) is 0 Å². The Morgan fingerprint density at radius 1 is 0.680 bits per heavy atom. The van der Waals surface area contributed by atoms with Crippen molar-refractivity contribution < 1.29 is 4.57 Å². The van der Waals surface area contributed by atoms with Crippen LogP contribution in [0.5, 0.6) is 0 Å². The van der Waals surface area contributed by atoms with E-state index in [-0.39, 0.29) is 0 Å². The summed E-state index contributed by atoms with van der Waals surface area (Å²) < 4.78 is 2.47. The van der Waals surface area contributed by atoms with E-state index in [0.29, 0.717) is 0 Å². The van der Waals surface area contributed by atoms with Crippen LogP contribution < -0.4 is 4.57 Å². The summed E-state index contributed by atoms with van der Waals surface area (Å²) in [5.74, 6) is 0. The summed E-state index contributed by atoms with van der Waals surface area (Å²) in [7, 11) is 0. The van der Waals surface area contributed by atoms with Gasteiger partial charge in [0.15, 0.2) is 12.7 Å². The maximum atomic E-state index is 2.47. The Morgan fingerprint density at radius 3 is 2.20 bits per heavy atom. The van der Waals surface area contributed by atoms with Gasteiger partial charge in [-0.3, -0.25) is 0 Å². The molecule has 0 bridgehead atoms. The van der Waals surface area contributed by atoms with Crippen molar-refractivity contribution in [3.8, 4) is 11.3 Å². The van der Waals surface area contributed by atoms with Crippen LogP contribution in [0.3, 0.4) is 0 Å². The van der Waals surface area contributed by atoms with Crippen LogP contribution in [0, 0.1) is 0 Å². The van der Waals surface area contributed by atoms with Crippen molar-refractivity contribution in [1.29, 1.82) is 0 Å². The van der Waals surface area contributed by atoms with Crippen molar-refractivity contribution in [3.63, 3.8) is 0 Å². The van der Waals surface area contributed by atoms with E-state index in [9.17, 15) is 0 Å². The van der Waals surface area contributed by atoms with Crippen molar-refractivity contribution in [1.82, 2.24) is 0 Å². The number of nitrogens with zero attached hydrogens (tertiary/aromatic N) is 1. The predicted octanol–water partition coefficient (Wildman–Crippen LogP) is 5.19. The lowest BCUT2D eigenvalue weighted by Crippen LogP contribution is -2.31. The normalized spacial score (nSPS) is 15.2. The molecule has 1 aromatic heterocycles. The second-order valence-corrected chi connectivity index (χ2v) is 7.48. The van der Waals surface area contributed by atoms with Gasteiger partial charge in [-0.15, -0.1) is 0 Å². The Labute approximate surface area is 147 Å². The van der Waals surface area contributed by atoms with E-state index < -0.39 is 0 Å². The Kier molecular flexibility index (Phi) is 2.68. The zero-order chi connectivity index (χ0) is 16.4. The fourth-order valence-electron chi connectivity index (χ4n) is 5.02. The number of hydrogen-bond donors (Lipinski definition) is 0. The highest BCUT2D eigenvalue weighted by Gasteiger charge is 2.33. The first-order chi connectivity index (χ1) is 12.4. The Bertz CT molecular complexity index is 1170. The van der Waals surface area contributed by atoms with E-state index in [1.807, 2.05) is 0 Å². The van der Waals surface area contributed by atoms with Crippen molar-refractivity contribution >= 4 is 21.5 Å². The third-order valence-electron chi connectivity index (χ3n) is 6.13. The topological polar surface area (TPSA) is 3.88 Å². The number of fused-ring (bicyclic) bond motifs is 9. The van der Waals surface area contributed by atoms with Gasteiger partial charge >= 0.3 is 0 Å². The molecule has 120 valence electrons. The first-order valence-electron chi connectivity index (χ1n) is 9.38. The van der Waals surface area contributed by atoms with Crippen LogP contribution in [0.15, 0.2) is 60.8 Å². The Morgan fingerprint density at radius 2 is 1.36 bits per heavy atom. The number of pyridine rings is 1. The monoisotopic (exact) mass is 322 g/mol. The van der Waals surface area contributed by atoms with E-state index in [0.717, 1.165) is 6.54 Å². The first kappa shape index (κ1) is 13.6. The van der Waals surface area contributed by atoms with Crippen LogP contribution >= 0.6 is 0 Å². The highest BCUT2D eigenvalue weighted by atomic mass is 15.0. The standard InChI is InChI=1S/C24H20N/c1-2-8-17-14-25-15-22-20-11-4-3-9-18(20)19-10-5-6-12-21(19)24(22)23(25)13-16(17)7-1/h1-4,7-9,11,13-14H,5-6,10,12,15H2/q+1. The number of aromatic nitrogens is 1. The second-order valence-electron chi connectivity index (χ2n) is 7.48. The molecule has 0 atom stereocenters. The van der Waals surface area contributed by atoms with Crippen LogP contribution in [-0.2, 0) is 19.4 Å². The van der Waals surface area contributed by atoms with Crippen molar-refractivity contribution in [2.75, 3.05) is 0 Å². The summed E-state index contributed by atoms with van der Waals surface area (Å²) in [5, 5.41) is 5.64. The fraction of sp³-hybridized carbons (Fsp3) is 0.208. The van der Waals surface area contributed by atoms with Gasteiger partial charge in [-0.1, -0.05) is 42.5 Å². The largest absolute Gasteiger partial charge is 0.214 e. The molecule has 0 radical (unpaired) electrons. The molecule has 1 nitrogen and oxygen atoms in total. The molecule has 25 heavy (non-hydrogen) atoms. The van der Waals surface area contributed by atoms with Gasteiger partial charge in [0.25, 0.3) is 0 Å². The maximum Gasteiger partial charge on any atom is 0.214 e. The van der Waals surface area contributed by atoms with Gasteiger partial charge in [0.05, 0.1) is 5.56 Å². The van der Waals surface area contributed by atoms with Crippen molar-refractivity contribution in [3.05, 3.63) is 77.5 Å². The molecule has 0 amide bonds. The number of rotatable bonds is 0. The molecule has 0 unspecified atom stereocenters. The lowest BCUT2D eigenvalue weighted by Gasteiger charge is -2.21. The van der Waals surface area contributed by atoms with Crippen LogP contribution in [0.25, 0.3) is 32.8 Å². The molecule has 1 aliphatic carbocycles. The average Bonchev–Trinajstić information content (AvgIpc) is 3.05. The minimum atomic E-state index is 1.00. The summed E-state index contributed by atoms with van der Waals surface area (Å²) in [6, 6.07) is 20.2. The smallest absolute Gasteiger partial charge is 0.193 e. The summed E-state index contributed by atoms with van der Waals surface area (Å²) >= 11 is 0. The van der Waals surface area contributed by atoms with Crippen LogP contribution in [0.2, 0.25) is 0 Å². The quantitative estimate of drug-likeness (QED) is 0.346. The van der Waals surface area contributed by atoms with Gasteiger partial charge < -0.3 is 0 Å². The minimum Gasteiger partial charge on any atom is -0.193 e. The number of hydrogen-bond acceptors (Lipinski definition) is 0. The van der Waals surface area contributed by atoms with Gasteiger partial charge in [0.1, 0.15) is 0 Å². The van der Waals surface area contributed by atoms with E-state index in [1.54, 1.807) is 16.7 Å². The van der Waals surface area contributed by atoms with E-state index >= 15 is 0 Å². The van der Waals surface area contributed by atoms with Gasteiger partial charge in [0.2, 0.25) is 5.69 Å². The van der Waals surface area contributed by atoms with Gasteiger partial charge in [-0.05, 0) is 59.0 Å². The number of benzene rings is 3. The fourth-order valence-corrected chi connectivity index (χ4v) is 5.02. The summed E-state index contributed by atoms with van der Waals surface area (Å²) in [5.41, 5.74) is 7.73. The predicted molar refractivity (Wildman–Crippen MR) is 103 cm³/mol. The lowest BCUT2D eigenvalue weighted by molar-refractivity contribution is -0.670. The third kappa shape index (κ3) is 1.81. The molecule has 3 aromatic carbocycles. The molecule has 2 aliphatic rings. The second kappa shape index (κ2) is 4.92. The maximum absolute atomic E-state index is 2.47. The van der Waals surface area contributed by atoms with Crippen LogP contribution in [-0.4, -0.2) is 0 Å². The van der Waals surface area contributed by atoms with E-state index in [1.165, 1.54) is 58.5 Å². The molecule has 2 heterocycles. The van der Waals surface area contributed by atoms with E-state index in [2.05, 4.69) is 65.4 Å². The zero-order valence-corrected chi connectivity index (χ0v) is 14.3. The highest BCUT2D eigenvalue weighted by Crippen LogP contribution is 2.42. The van der Waals surface area contributed by atoms with Crippen LogP contribution in [0.1, 0.15) is 29.5 Å². The summed E-state index contributed by atoms with van der Waals surface area (Å²) in [4.78, 5) is 0. The molecule has 6 rings (SSSR count). The first-order valence-corrected chi connectivity index (χ1v) is 9.38. The van der Waals surface area contributed by atoms with Crippen LogP contribution in [0.4, 0.5) is 0 Å². The zero-order valence-electron chi connectivity index (χ0n) is 14.3.